The first-order valence-corrected chi connectivity index (χ1v) is 21.5. The molecule has 0 saturated carbocycles. The minimum absolute atomic E-state index is 0.347. The van der Waals surface area contributed by atoms with Crippen molar-refractivity contribution in [2.45, 2.75) is 6.17 Å². The summed E-state index contributed by atoms with van der Waals surface area (Å²) in [5, 5.41) is 6.20. The number of hydrogen-bond acceptors (Lipinski definition) is 4. The quantitative estimate of drug-likeness (QED) is 0.163. The molecule has 2 heterocycles. The van der Waals surface area contributed by atoms with Crippen LogP contribution in [-0.2, 0) is 0 Å². The third-order valence-electron chi connectivity index (χ3n) is 11.6. The number of nitrogens with zero attached hydrogens (tertiary/aromatic N) is 2. The van der Waals surface area contributed by atoms with Crippen molar-refractivity contribution in [1.29, 1.82) is 0 Å². The van der Waals surface area contributed by atoms with Gasteiger partial charge in [0.2, 0.25) is 0 Å². The summed E-state index contributed by atoms with van der Waals surface area (Å²) in [5.74, 6) is 1.52. The van der Waals surface area contributed by atoms with E-state index in [0.717, 1.165) is 33.7 Å². The predicted molar refractivity (Wildman–Crippen MR) is 258 cm³/mol. The number of amidine groups is 2. The maximum Gasteiger partial charge on any atom is 0.159 e. The number of aliphatic imine (C=N–C) groups is 2. The van der Waals surface area contributed by atoms with E-state index in [-0.39, 0.29) is 6.17 Å². The maximum atomic E-state index is 5.36. The molecule has 9 aromatic carbocycles. The van der Waals surface area contributed by atoms with E-state index in [9.17, 15) is 0 Å². The minimum atomic E-state index is -0.347. The van der Waals surface area contributed by atoms with Gasteiger partial charge in [-0.3, -0.25) is 0 Å². The Labute approximate surface area is 359 Å². The normalized spacial score (nSPS) is 13.7. The average molecular weight is 798 g/mol. The van der Waals surface area contributed by atoms with E-state index >= 15 is 0 Å². The Hall–Kier alpha value is -7.66. The van der Waals surface area contributed by atoms with Gasteiger partial charge in [0.05, 0.1) is 0 Å². The average Bonchev–Trinajstić information content (AvgIpc) is 3.73. The molecule has 1 aliphatic rings. The summed E-state index contributed by atoms with van der Waals surface area (Å²) < 4.78 is 2.49. The summed E-state index contributed by atoms with van der Waals surface area (Å²) in [4.78, 5) is 10.5. The van der Waals surface area contributed by atoms with Gasteiger partial charge in [0.25, 0.3) is 0 Å². The van der Waals surface area contributed by atoms with Crippen LogP contribution >= 0.6 is 11.3 Å². The van der Waals surface area contributed by atoms with Crippen molar-refractivity contribution in [3.8, 4) is 55.6 Å². The summed E-state index contributed by atoms with van der Waals surface area (Å²) in [7, 11) is 0. The fraction of sp³-hybridized carbons (Fsp3) is 0.0175. The molecule has 1 aromatic heterocycles. The van der Waals surface area contributed by atoms with Gasteiger partial charge in [-0.25, -0.2) is 9.98 Å². The molecule has 4 heteroatoms. The molecule has 1 N–H and O–H groups in total. The molecule has 0 saturated heterocycles. The van der Waals surface area contributed by atoms with Crippen LogP contribution in [-0.4, -0.2) is 11.7 Å². The minimum Gasteiger partial charge on any atom is -0.344 e. The molecule has 0 bridgehead atoms. The Morgan fingerprint density at radius 2 is 0.770 bits per heavy atom. The van der Waals surface area contributed by atoms with Crippen molar-refractivity contribution in [2.24, 2.45) is 9.98 Å². The number of hydrogen-bond donors (Lipinski definition) is 1. The van der Waals surface area contributed by atoms with Crippen LogP contribution in [0.15, 0.2) is 234 Å². The van der Waals surface area contributed by atoms with Gasteiger partial charge in [-0.1, -0.05) is 188 Å². The molecular weight excluding hydrogens is 759 g/mol. The Balaban J connectivity index is 0.946. The molecule has 61 heavy (non-hydrogen) atoms. The van der Waals surface area contributed by atoms with Crippen LogP contribution in [0.5, 0.6) is 0 Å². The van der Waals surface area contributed by atoms with Gasteiger partial charge >= 0.3 is 0 Å². The summed E-state index contributed by atoms with van der Waals surface area (Å²) >= 11 is 1.83. The Morgan fingerprint density at radius 1 is 0.344 bits per heavy atom. The number of benzene rings is 9. The van der Waals surface area contributed by atoms with Crippen LogP contribution in [0.3, 0.4) is 0 Å². The summed E-state index contributed by atoms with van der Waals surface area (Å²) in [6, 6.07) is 80.1. The molecule has 0 fully saturated rings. The first-order valence-electron chi connectivity index (χ1n) is 20.7. The third-order valence-corrected chi connectivity index (χ3v) is 12.7. The van der Waals surface area contributed by atoms with Gasteiger partial charge in [0, 0.05) is 36.9 Å². The van der Waals surface area contributed by atoms with Gasteiger partial charge in [0.15, 0.2) is 5.84 Å². The molecule has 0 spiro atoms. The van der Waals surface area contributed by atoms with Crippen LogP contribution in [0.4, 0.5) is 0 Å². The number of fused-ring (bicyclic) bond motifs is 3. The van der Waals surface area contributed by atoms with Gasteiger partial charge in [-0.2, -0.15) is 0 Å². The largest absolute Gasteiger partial charge is 0.344 e. The summed E-state index contributed by atoms with van der Waals surface area (Å²) in [6.07, 6.45) is -0.347. The van der Waals surface area contributed by atoms with E-state index in [2.05, 4.69) is 218 Å². The van der Waals surface area contributed by atoms with Crippen molar-refractivity contribution >= 4 is 43.2 Å². The van der Waals surface area contributed by atoms with Crippen molar-refractivity contribution in [3.63, 3.8) is 0 Å². The van der Waals surface area contributed by atoms with Crippen LogP contribution in [0.25, 0.3) is 75.8 Å². The highest BCUT2D eigenvalue weighted by molar-refractivity contribution is 7.25. The Morgan fingerprint density at radius 3 is 1.34 bits per heavy atom. The van der Waals surface area contributed by atoms with E-state index in [0.29, 0.717) is 5.84 Å². The first kappa shape index (κ1) is 36.4. The monoisotopic (exact) mass is 797 g/mol. The van der Waals surface area contributed by atoms with Crippen molar-refractivity contribution in [3.05, 3.63) is 241 Å². The van der Waals surface area contributed by atoms with Crippen molar-refractivity contribution in [2.75, 3.05) is 0 Å². The van der Waals surface area contributed by atoms with Gasteiger partial charge < -0.3 is 5.32 Å². The SMILES string of the molecule is c1ccc(C2=NC(c3cccc(-c4ccccc4)c3)=NC(c3cccc4sc5ccc(-c6cccc(-c7ccc(-c8cccc(-c9ccccc9)c8)cc7)c6)cc5c34)N2)cc1. The van der Waals surface area contributed by atoms with Crippen LogP contribution in [0.1, 0.15) is 22.9 Å². The highest BCUT2D eigenvalue weighted by Crippen LogP contribution is 2.41. The molecule has 1 unspecified atom stereocenters. The van der Waals surface area contributed by atoms with Gasteiger partial charge in [-0.05, 0) is 92.0 Å². The van der Waals surface area contributed by atoms with E-state index in [1.54, 1.807) is 0 Å². The third kappa shape index (κ3) is 7.24. The second-order valence-electron chi connectivity index (χ2n) is 15.4. The smallest absolute Gasteiger partial charge is 0.159 e. The molecule has 11 rings (SSSR count). The molecule has 0 amide bonds. The van der Waals surface area contributed by atoms with Gasteiger partial charge in [-0.15, -0.1) is 11.3 Å². The topological polar surface area (TPSA) is 36.8 Å². The van der Waals surface area contributed by atoms with Crippen LogP contribution in [0, 0.1) is 0 Å². The van der Waals surface area contributed by atoms with Crippen molar-refractivity contribution in [1.82, 2.24) is 5.32 Å². The fourth-order valence-electron chi connectivity index (χ4n) is 8.45. The zero-order valence-corrected chi connectivity index (χ0v) is 34.1. The van der Waals surface area contributed by atoms with E-state index < -0.39 is 0 Å². The van der Waals surface area contributed by atoms with Crippen molar-refractivity contribution < 1.29 is 0 Å². The molecule has 288 valence electrons. The molecular formula is C57H39N3S. The number of rotatable bonds is 8. The molecule has 0 aliphatic carbocycles. The van der Waals surface area contributed by atoms with Crippen LogP contribution in [0.2, 0.25) is 0 Å². The number of thiophene rings is 1. The van der Waals surface area contributed by atoms with E-state index in [1.807, 2.05) is 23.5 Å². The summed E-state index contributed by atoms with van der Waals surface area (Å²) in [5.41, 5.74) is 15.0. The molecule has 1 aliphatic heterocycles. The van der Waals surface area contributed by atoms with E-state index in [1.165, 1.54) is 64.7 Å². The molecule has 0 radical (unpaired) electrons. The Bertz CT molecular complexity index is 3260. The highest BCUT2D eigenvalue weighted by Gasteiger charge is 2.24. The lowest BCUT2D eigenvalue weighted by Gasteiger charge is -2.24. The number of nitrogens with one attached hydrogen (secondary N) is 1. The Kier molecular flexibility index (Phi) is 9.45. The lowest BCUT2D eigenvalue weighted by Crippen LogP contribution is -2.33. The second kappa shape index (κ2) is 15.8. The van der Waals surface area contributed by atoms with Crippen LogP contribution < -0.4 is 5.32 Å². The molecule has 3 nitrogen and oxygen atoms in total. The zero-order chi connectivity index (χ0) is 40.5. The van der Waals surface area contributed by atoms with E-state index in [4.69, 9.17) is 9.98 Å². The fourth-order valence-corrected chi connectivity index (χ4v) is 9.57. The van der Waals surface area contributed by atoms with Gasteiger partial charge in [0.1, 0.15) is 12.0 Å². The second-order valence-corrected chi connectivity index (χ2v) is 16.5. The molecule has 1 atom stereocenters. The summed E-state index contributed by atoms with van der Waals surface area (Å²) in [6.45, 7) is 0. The standard InChI is InChI=1S/C57H39N3S/c1-4-14-38(15-5-1)43-20-10-21-44(34-43)40-28-30-41(31-29-40)45-22-11-24-47(35-45)48-32-33-52-51(37-48)54-50(26-13-27-53(54)61-52)57-59-55(42-18-8-3-9-19-42)58-56(60-57)49-25-12-23-46(36-49)39-16-6-2-7-17-39/h1-37,57H,(H,58,59,60). The zero-order valence-electron chi connectivity index (χ0n) is 33.2. The predicted octanol–water partition coefficient (Wildman–Crippen LogP) is 14.9. The molecule has 10 aromatic rings. The highest BCUT2D eigenvalue weighted by atomic mass is 32.1. The lowest BCUT2D eigenvalue weighted by molar-refractivity contribution is 0.680. The first-order chi connectivity index (χ1) is 30.2. The maximum absolute atomic E-state index is 5.36. The lowest BCUT2D eigenvalue weighted by atomic mass is 9.95.